The average Bonchev–Trinajstić information content (AvgIpc) is 4.00. The van der Waals surface area contributed by atoms with Crippen molar-refractivity contribution in [2.45, 2.75) is 125 Å². The quantitative estimate of drug-likeness (QED) is 0.0183. The molecule has 1 saturated carbocycles. The van der Waals surface area contributed by atoms with Gasteiger partial charge in [-0.2, -0.15) is 25.3 Å². The number of nitrogens with two attached hydrogens (primary N) is 3. The number of thiol groups is 2. The Bertz CT molecular complexity index is 2420. The summed E-state index contributed by atoms with van der Waals surface area (Å²) in [4.78, 5) is 112. The number of aromatic amines is 2. The molecule has 0 radical (unpaired) electrons. The molecule has 22 heteroatoms. The number of hydrogen-bond acceptors (Lipinski definition) is 11. The molecule has 0 unspecified atom stereocenters. The van der Waals surface area contributed by atoms with E-state index in [-0.39, 0.29) is 68.6 Å². The van der Waals surface area contributed by atoms with Crippen LogP contribution in [0.15, 0.2) is 78.3 Å². The molecule has 1 fully saturated rings. The van der Waals surface area contributed by atoms with E-state index in [0.29, 0.717) is 16.8 Å². The summed E-state index contributed by atoms with van der Waals surface area (Å²) in [5, 5.41) is 17.5. The molecule has 0 aliphatic heterocycles. The monoisotopic (exact) mass is 1000 g/mol. The van der Waals surface area contributed by atoms with Gasteiger partial charge in [-0.25, -0.2) is 4.98 Å². The Labute approximate surface area is 418 Å². The maximum absolute atomic E-state index is 14.6. The number of aromatic nitrogens is 3. The number of hydrogen-bond donors (Lipinski definition) is 13. The smallest absolute Gasteiger partial charge is 0.243 e. The molecule has 70 heavy (non-hydrogen) atoms. The Hall–Kier alpha value is -6.55. The van der Waals surface area contributed by atoms with E-state index < -0.39 is 76.4 Å². The van der Waals surface area contributed by atoms with Gasteiger partial charge in [-0.05, 0) is 68.9 Å². The van der Waals surface area contributed by atoms with Crippen molar-refractivity contribution in [1.29, 1.82) is 0 Å². The summed E-state index contributed by atoms with van der Waals surface area (Å²) in [5.74, 6) is -4.79. The van der Waals surface area contributed by atoms with E-state index in [4.69, 9.17) is 17.2 Å². The number of para-hydroxylation sites is 1. The highest BCUT2D eigenvalue weighted by molar-refractivity contribution is 7.81. The molecule has 14 N–H and O–H groups in total. The number of primary amides is 1. The van der Waals surface area contributed by atoms with E-state index in [1.165, 1.54) is 12.5 Å². The van der Waals surface area contributed by atoms with Crippen LogP contribution in [0.3, 0.4) is 0 Å². The van der Waals surface area contributed by atoms with Gasteiger partial charge in [0.2, 0.25) is 41.4 Å². The molecule has 2 heterocycles. The molecule has 1 aliphatic rings. The number of guanidine groups is 1. The molecule has 378 valence electrons. The summed E-state index contributed by atoms with van der Waals surface area (Å²) in [6.07, 6.45) is 9.23. The van der Waals surface area contributed by atoms with Crippen molar-refractivity contribution in [3.05, 3.63) is 90.1 Å². The molecule has 2 aromatic heterocycles. The van der Waals surface area contributed by atoms with Crippen LogP contribution in [-0.2, 0) is 52.8 Å². The van der Waals surface area contributed by atoms with Gasteiger partial charge in [0, 0.05) is 65.5 Å². The van der Waals surface area contributed by atoms with Crippen LogP contribution in [0.4, 0.5) is 0 Å². The molecule has 5 rings (SSSR count). The second kappa shape index (κ2) is 26.4. The number of carbonyl (C=O) groups is 7. The molecule has 2 aromatic carbocycles. The van der Waals surface area contributed by atoms with E-state index in [1.54, 1.807) is 50.4 Å². The predicted molar refractivity (Wildman–Crippen MR) is 273 cm³/mol. The van der Waals surface area contributed by atoms with Crippen molar-refractivity contribution in [2.75, 3.05) is 12.3 Å². The minimum Gasteiger partial charge on any atom is -0.370 e. The van der Waals surface area contributed by atoms with E-state index in [2.05, 4.69) is 77.1 Å². The number of rotatable bonds is 26. The number of aliphatic imine (C=N–C) groups is 1. The fraction of sp³-hybridized carbons (Fsp3) is 0.479. The fourth-order valence-corrected chi connectivity index (χ4v) is 8.82. The Morgan fingerprint density at radius 2 is 1.29 bits per heavy atom. The second-order valence-electron chi connectivity index (χ2n) is 18.1. The summed E-state index contributed by atoms with van der Waals surface area (Å²) < 4.78 is -1.09. The average molecular weight is 1000 g/mol. The summed E-state index contributed by atoms with van der Waals surface area (Å²) in [6.45, 7) is 3.31. The SMILES string of the molecule is CC(C)(S)[C@H](NC(=O)[C@H](Cc1c[nH]c2ccccc12)NC(=O)[C@H](CCCN=C(N)N)NC(=O)[C@@H](Cc1ccccc1)NC(=O)[C@H](Cc1cnc[nH]1)NC(=O)[C@H](CCS)NC(=O)C1CCCCC1)C(N)=O. The summed E-state index contributed by atoms with van der Waals surface area (Å²) in [5.41, 5.74) is 19.5. The topological polar surface area (TPSA) is 327 Å². The highest BCUT2D eigenvalue weighted by atomic mass is 32.1. The number of carbonyl (C=O) groups excluding carboxylic acids is 7. The van der Waals surface area contributed by atoms with Gasteiger partial charge in [-0.1, -0.05) is 67.8 Å². The molecular weight excluding hydrogens is 935 g/mol. The molecular formula is C48H67N13O7S2. The lowest BCUT2D eigenvalue weighted by Gasteiger charge is -2.30. The van der Waals surface area contributed by atoms with Crippen LogP contribution < -0.4 is 49.1 Å². The number of nitrogens with zero attached hydrogens (tertiary/aromatic N) is 2. The van der Waals surface area contributed by atoms with Gasteiger partial charge in [0.05, 0.1) is 6.33 Å². The maximum Gasteiger partial charge on any atom is 0.243 e. The number of fused-ring (bicyclic) bond motifs is 1. The Balaban J connectivity index is 1.43. The zero-order chi connectivity index (χ0) is 50.8. The summed E-state index contributed by atoms with van der Waals surface area (Å²) >= 11 is 8.83. The van der Waals surface area contributed by atoms with Crippen LogP contribution >= 0.6 is 25.3 Å². The highest BCUT2D eigenvalue weighted by Crippen LogP contribution is 2.24. The maximum atomic E-state index is 14.6. The fourth-order valence-electron chi connectivity index (χ4n) is 8.37. The van der Waals surface area contributed by atoms with Crippen molar-refractivity contribution in [1.82, 2.24) is 46.9 Å². The van der Waals surface area contributed by atoms with Crippen LogP contribution in [0.25, 0.3) is 10.9 Å². The van der Waals surface area contributed by atoms with Crippen molar-refractivity contribution in [3.8, 4) is 0 Å². The molecule has 0 spiro atoms. The van der Waals surface area contributed by atoms with Crippen LogP contribution in [0.2, 0.25) is 0 Å². The molecule has 6 atom stereocenters. The third-order valence-corrected chi connectivity index (χ3v) is 12.7. The van der Waals surface area contributed by atoms with Gasteiger partial charge >= 0.3 is 0 Å². The molecule has 7 amide bonds. The number of amides is 7. The standard InChI is InChI=1S/C48H67N13O7S2/c1-48(2,70)39(40(49)62)61-46(68)37(23-30-25-54-33-17-10-9-16-32(30)33)59-42(64)34(18-11-20-53-47(50)51)57-44(66)36(22-28-12-5-3-6-13-28)58-45(67)38(24-31-26-52-27-55-31)60-43(65)35(19-21-69)56-41(63)29-14-7-4-8-15-29/h3,5-6,9-10,12-13,16-17,25-27,29,34-39,54,69-70H,4,7-8,11,14-15,18-24H2,1-2H3,(H2,49,62)(H,52,55)(H,56,63)(H,57,66)(H,58,67)(H,59,64)(H,60,65)(H,61,68)(H4,50,51,53)/t34-,35-,36+,37-,38-,39+/m0/s1. The first-order chi connectivity index (χ1) is 33.4. The van der Waals surface area contributed by atoms with Crippen LogP contribution in [0, 0.1) is 5.92 Å². The highest BCUT2D eigenvalue weighted by Gasteiger charge is 2.37. The summed E-state index contributed by atoms with van der Waals surface area (Å²) in [7, 11) is 0. The van der Waals surface area contributed by atoms with Crippen molar-refractivity contribution in [2.24, 2.45) is 28.1 Å². The normalized spacial score (nSPS) is 15.5. The number of nitrogens with one attached hydrogen (secondary N) is 8. The lowest BCUT2D eigenvalue weighted by atomic mass is 9.88. The molecule has 1 aliphatic carbocycles. The van der Waals surface area contributed by atoms with E-state index in [0.717, 1.165) is 43.0 Å². The zero-order valence-electron chi connectivity index (χ0n) is 39.5. The zero-order valence-corrected chi connectivity index (χ0v) is 41.3. The van der Waals surface area contributed by atoms with Crippen LogP contribution in [0.1, 0.15) is 82.0 Å². The van der Waals surface area contributed by atoms with Crippen LogP contribution in [0.5, 0.6) is 0 Å². The predicted octanol–water partition coefficient (Wildman–Crippen LogP) is 0.975. The van der Waals surface area contributed by atoms with Crippen molar-refractivity contribution in [3.63, 3.8) is 0 Å². The molecule has 0 bridgehead atoms. The van der Waals surface area contributed by atoms with Crippen LogP contribution in [-0.4, -0.2) is 116 Å². The van der Waals surface area contributed by atoms with E-state index >= 15 is 0 Å². The number of imidazole rings is 1. The Morgan fingerprint density at radius 3 is 1.89 bits per heavy atom. The third kappa shape index (κ3) is 16.6. The molecule has 20 nitrogen and oxygen atoms in total. The lowest BCUT2D eigenvalue weighted by molar-refractivity contribution is -0.135. The Kier molecular flexibility index (Phi) is 20.5. The summed E-state index contributed by atoms with van der Waals surface area (Å²) in [6, 6.07) is 8.85. The Morgan fingerprint density at radius 1 is 0.714 bits per heavy atom. The first kappa shape index (κ1) is 54.4. The number of benzene rings is 2. The van der Waals surface area contributed by atoms with Crippen molar-refractivity contribution >= 4 is 83.5 Å². The van der Waals surface area contributed by atoms with Crippen molar-refractivity contribution < 1.29 is 33.6 Å². The first-order valence-electron chi connectivity index (χ1n) is 23.5. The first-order valence-corrected chi connectivity index (χ1v) is 24.6. The van der Waals surface area contributed by atoms with Gasteiger partial charge in [-0.3, -0.25) is 38.6 Å². The van der Waals surface area contributed by atoms with Gasteiger partial charge in [0.15, 0.2) is 5.96 Å². The third-order valence-electron chi connectivity index (χ3n) is 12.1. The molecule has 0 saturated heterocycles. The lowest BCUT2D eigenvalue weighted by Crippen LogP contribution is -2.61. The number of H-pyrrole nitrogens is 2. The second-order valence-corrected chi connectivity index (χ2v) is 19.7. The van der Waals surface area contributed by atoms with Gasteiger partial charge in [0.1, 0.15) is 36.3 Å². The minimum absolute atomic E-state index is 0.0209. The van der Waals surface area contributed by atoms with Gasteiger partial charge in [0.25, 0.3) is 0 Å². The minimum atomic E-state index is -1.32. The largest absolute Gasteiger partial charge is 0.370 e. The van der Waals surface area contributed by atoms with Gasteiger partial charge < -0.3 is 59.1 Å². The molecule has 4 aromatic rings. The van der Waals surface area contributed by atoms with Gasteiger partial charge in [-0.15, -0.1) is 0 Å². The van der Waals surface area contributed by atoms with E-state index in [9.17, 15) is 33.6 Å². The van der Waals surface area contributed by atoms with E-state index in [1.807, 2.05) is 24.3 Å².